The molecule has 88 valence electrons. The lowest BCUT2D eigenvalue weighted by Crippen LogP contribution is -2.13. The molecule has 0 amide bonds. The van der Waals surface area contributed by atoms with E-state index in [2.05, 4.69) is 5.32 Å². The van der Waals surface area contributed by atoms with Crippen LogP contribution in [-0.2, 0) is 0 Å². The largest absolute Gasteiger partial charge is 0.507 e. The minimum atomic E-state index is 0.271. The van der Waals surface area contributed by atoms with E-state index in [1.807, 2.05) is 19.9 Å². The normalized spacial score (nSPS) is 20.1. The number of rotatable bonds is 2. The smallest absolute Gasteiger partial charge is 0.123 e. The molecule has 2 rings (SSSR count). The van der Waals surface area contributed by atoms with E-state index >= 15 is 0 Å². The Bertz CT molecular complexity index is 395. The molecule has 1 unspecified atom stereocenters. The van der Waals surface area contributed by atoms with Gasteiger partial charge in [-0.15, -0.1) is 0 Å². The Balaban J connectivity index is 2.48. The second kappa shape index (κ2) is 4.34. The van der Waals surface area contributed by atoms with Gasteiger partial charge in [0, 0.05) is 11.6 Å². The van der Waals surface area contributed by atoms with E-state index in [4.69, 9.17) is 4.74 Å². The highest BCUT2D eigenvalue weighted by Crippen LogP contribution is 2.38. The fraction of sp³-hybridized carbons (Fsp3) is 0.538. The highest BCUT2D eigenvalue weighted by atomic mass is 16.5. The standard InChI is InChI=1S/C13H19NO2/c1-8-9(2)13(15)10(7-12(8)16-3)11-5-4-6-14-11/h7,11,14-15H,4-6H2,1-3H3. The first-order chi connectivity index (χ1) is 7.65. The third-order valence-electron chi connectivity index (χ3n) is 3.50. The van der Waals surface area contributed by atoms with Crippen LogP contribution in [0.3, 0.4) is 0 Å². The predicted molar refractivity (Wildman–Crippen MR) is 64.1 cm³/mol. The first-order valence-corrected chi connectivity index (χ1v) is 5.75. The summed E-state index contributed by atoms with van der Waals surface area (Å²) < 4.78 is 5.34. The van der Waals surface area contributed by atoms with Gasteiger partial charge in [0.2, 0.25) is 0 Å². The van der Waals surface area contributed by atoms with Crippen molar-refractivity contribution in [3.8, 4) is 11.5 Å². The van der Waals surface area contributed by atoms with Gasteiger partial charge >= 0.3 is 0 Å². The summed E-state index contributed by atoms with van der Waals surface area (Å²) in [5, 5.41) is 13.6. The Morgan fingerprint density at radius 1 is 1.38 bits per heavy atom. The van der Waals surface area contributed by atoms with Gasteiger partial charge in [0.1, 0.15) is 11.5 Å². The first kappa shape index (κ1) is 11.3. The van der Waals surface area contributed by atoms with Gasteiger partial charge in [0.05, 0.1) is 7.11 Å². The SMILES string of the molecule is COc1cc(C2CCCN2)c(O)c(C)c1C. The number of phenolic OH excluding ortho intramolecular Hbond substituents is 1. The van der Waals surface area contributed by atoms with E-state index in [1.54, 1.807) is 7.11 Å². The van der Waals surface area contributed by atoms with Crippen LogP contribution < -0.4 is 10.1 Å². The van der Waals surface area contributed by atoms with Gasteiger partial charge in [-0.05, 0) is 50.4 Å². The maximum absolute atomic E-state index is 10.2. The van der Waals surface area contributed by atoms with Gasteiger partial charge in [-0.1, -0.05) is 0 Å². The van der Waals surface area contributed by atoms with Crippen molar-refractivity contribution in [3.63, 3.8) is 0 Å². The molecule has 1 atom stereocenters. The fourth-order valence-corrected chi connectivity index (χ4v) is 2.32. The van der Waals surface area contributed by atoms with Crippen LogP contribution in [0, 0.1) is 13.8 Å². The number of phenols is 1. The van der Waals surface area contributed by atoms with E-state index < -0.39 is 0 Å². The molecular weight excluding hydrogens is 202 g/mol. The number of methoxy groups -OCH3 is 1. The first-order valence-electron chi connectivity index (χ1n) is 5.75. The number of aromatic hydroxyl groups is 1. The van der Waals surface area contributed by atoms with Crippen LogP contribution >= 0.6 is 0 Å². The maximum Gasteiger partial charge on any atom is 0.123 e. The van der Waals surface area contributed by atoms with Crippen LogP contribution in [0.15, 0.2) is 6.07 Å². The average Bonchev–Trinajstić information content (AvgIpc) is 2.80. The molecule has 16 heavy (non-hydrogen) atoms. The summed E-state index contributed by atoms with van der Waals surface area (Å²) in [4.78, 5) is 0. The number of ether oxygens (including phenoxy) is 1. The molecule has 1 saturated heterocycles. The van der Waals surface area contributed by atoms with Gasteiger partial charge in [-0.25, -0.2) is 0 Å². The van der Waals surface area contributed by atoms with Crippen molar-refractivity contribution in [1.82, 2.24) is 5.32 Å². The van der Waals surface area contributed by atoms with Gasteiger partial charge in [0.15, 0.2) is 0 Å². The van der Waals surface area contributed by atoms with Crippen LogP contribution in [0.1, 0.15) is 35.6 Å². The zero-order chi connectivity index (χ0) is 11.7. The quantitative estimate of drug-likeness (QED) is 0.806. The summed E-state index contributed by atoms with van der Waals surface area (Å²) in [6, 6.07) is 2.23. The van der Waals surface area contributed by atoms with Gasteiger partial charge in [0.25, 0.3) is 0 Å². The Kier molecular flexibility index (Phi) is 3.06. The summed E-state index contributed by atoms with van der Waals surface area (Å²) in [6.45, 7) is 4.94. The van der Waals surface area contributed by atoms with Crippen molar-refractivity contribution in [2.45, 2.75) is 32.7 Å². The second-order valence-corrected chi connectivity index (χ2v) is 4.42. The van der Waals surface area contributed by atoms with Crippen molar-refractivity contribution in [1.29, 1.82) is 0 Å². The lowest BCUT2D eigenvalue weighted by molar-refractivity contribution is 0.403. The van der Waals surface area contributed by atoms with Gasteiger partial charge in [-0.3, -0.25) is 0 Å². The molecule has 0 spiro atoms. The molecular formula is C13H19NO2. The third-order valence-corrected chi connectivity index (χ3v) is 3.50. The van der Waals surface area contributed by atoms with E-state index in [0.717, 1.165) is 35.4 Å². The molecule has 3 nitrogen and oxygen atoms in total. The monoisotopic (exact) mass is 221 g/mol. The molecule has 1 aromatic rings. The van der Waals surface area contributed by atoms with Crippen LogP contribution in [0.4, 0.5) is 0 Å². The van der Waals surface area contributed by atoms with Crippen LogP contribution in [0.25, 0.3) is 0 Å². The van der Waals surface area contributed by atoms with Crippen molar-refractivity contribution in [2.75, 3.05) is 13.7 Å². The molecule has 2 N–H and O–H groups in total. The zero-order valence-electron chi connectivity index (χ0n) is 10.1. The Morgan fingerprint density at radius 2 is 2.12 bits per heavy atom. The second-order valence-electron chi connectivity index (χ2n) is 4.42. The molecule has 1 aliphatic heterocycles. The predicted octanol–water partition coefficient (Wildman–Crippen LogP) is 2.44. The van der Waals surface area contributed by atoms with Crippen LogP contribution in [0.2, 0.25) is 0 Å². The summed E-state index contributed by atoms with van der Waals surface area (Å²) in [5.41, 5.74) is 2.90. The highest BCUT2D eigenvalue weighted by molar-refractivity contribution is 5.53. The number of hydrogen-bond donors (Lipinski definition) is 2. The van der Waals surface area contributed by atoms with E-state index in [9.17, 15) is 5.11 Å². The molecule has 1 fully saturated rings. The Morgan fingerprint density at radius 3 is 2.69 bits per heavy atom. The minimum Gasteiger partial charge on any atom is -0.507 e. The Hall–Kier alpha value is -1.22. The fourth-order valence-electron chi connectivity index (χ4n) is 2.32. The minimum absolute atomic E-state index is 0.271. The van der Waals surface area contributed by atoms with E-state index in [-0.39, 0.29) is 6.04 Å². The summed E-state index contributed by atoms with van der Waals surface area (Å²) in [6.07, 6.45) is 2.25. The summed E-state index contributed by atoms with van der Waals surface area (Å²) in [7, 11) is 1.67. The van der Waals surface area contributed by atoms with Crippen molar-refractivity contribution in [3.05, 3.63) is 22.8 Å². The topological polar surface area (TPSA) is 41.5 Å². The van der Waals surface area contributed by atoms with Crippen molar-refractivity contribution < 1.29 is 9.84 Å². The molecule has 0 radical (unpaired) electrons. The molecule has 1 aliphatic rings. The third kappa shape index (κ3) is 1.76. The summed E-state index contributed by atoms with van der Waals surface area (Å²) >= 11 is 0. The van der Waals surface area contributed by atoms with E-state index in [0.29, 0.717) is 5.75 Å². The van der Waals surface area contributed by atoms with Gasteiger partial charge in [-0.2, -0.15) is 0 Å². The average molecular weight is 221 g/mol. The maximum atomic E-state index is 10.2. The molecule has 1 heterocycles. The number of hydrogen-bond acceptors (Lipinski definition) is 3. The number of benzene rings is 1. The van der Waals surface area contributed by atoms with Crippen molar-refractivity contribution >= 4 is 0 Å². The summed E-state index contributed by atoms with van der Waals surface area (Å²) in [5.74, 6) is 1.27. The zero-order valence-corrected chi connectivity index (χ0v) is 10.1. The number of nitrogens with one attached hydrogen (secondary N) is 1. The lowest BCUT2D eigenvalue weighted by atomic mass is 9.97. The van der Waals surface area contributed by atoms with Crippen molar-refractivity contribution in [2.24, 2.45) is 0 Å². The van der Waals surface area contributed by atoms with Crippen LogP contribution in [0.5, 0.6) is 11.5 Å². The molecule has 0 bridgehead atoms. The molecule has 1 aromatic carbocycles. The molecule has 0 saturated carbocycles. The Labute approximate surface area is 96.4 Å². The molecule has 3 heteroatoms. The molecule has 0 aliphatic carbocycles. The van der Waals surface area contributed by atoms with E-state index in [1.165, 1.54) is 6.42 Å². The van der Waals surface area contributed by atoms with Crippen LogP contribution in [-0.4, -0.2) is 18.8 Å². The van der Waals surface area contributed by atoms with Gasteiger partial charge < -0.3 is 15.2 Å². The lowest BCUT2D eigenvalue weighted by Gasteiger charge is -2.18. The molecule has 0 aromatic heterocycles. The highest BCUT2D eigenvalue weighted by Gasteiger charge is 2.22.